The number of halogens is 2. The smallest absolute Gasteiger partial charge is 0.126 e. The summed E-state index contributed by atoms with van der Waals surface area (Å²) in [6, 6.07) is 14.3. The average molecular weight is 293 g/mol. The highest BCUT2D eigenvalue weighted by molar-refractivity contribution is 6.30. The highest BCUT2D eigenvalue weighted by Gasteiger charge is 2.30. The lowest BCUT2D eigenvalue weighted by atomic mass is 9.74. The maximum absolute atomic E-state index is 13.9. The molecule has 0 aliphatic rings. The van der Waals surface area contributed by atoms with Crippen LogP contribution in [0.2, 0.25) is 5.02 Å². The summed E-state index contributed by atoms with van der Waals surface area (Å²) in [4.78, 5) is 0. The molecule has 0 fully saturated rings. The van der Waals surface area contributed by atoms with Gasteiger partial charge in [0.25, 0.3) is 0 Å². The van der Waals surface area contributed by atoms with E-state index in [0.717, 1.165) is 12.0 Å². The molecule has 1 N–H and O–H groups in total. The Morgan fingerprint density at radius 1 is 1.15 bits per heavy atom. The minimum absolute atomic E-state index is 0.0283. The van der Waals surface area contributed by atoms with Crippen LogP contribution in [0.1, 0.15) is 24.5 Å². The third kappa shape index (κ3) is 3.02. The second-order valence-electron chi connectivity index (χ2n) is 5.07. The minimum atomic E-state index is -0.479. The molecule has 20 heavy (non-hydrogen) atoms. The van der Waals surface area contributed by atoms with Gasteiger partial charge in [-0.1, -0.05) is 48.9 Å². The molecule has 2 rings (SSSR count). The Morgan fingerprint density at radius 3 is 2.45 bits per heavy atom. The van der Waals surface area contributed by atoms with E-state index in [1.807, 2.05) is 37.3 Å². The van der Waals surface area contributed by atoms with Gasteiger partial charge in [-0.05, 0) is 42.2 Å². The summed E-state index contributed by atoms with van der Waals surface area (Å²) in [5.41, 5.74) is 1.08. The van der Waals surface area contributed by atoms with Crippen LogP contribution in [0.4, 0.5) is 4.39 Å². The fourth-order valence-electron chi connectivity index (χ4n) is 2.53. The molecule has 1 nitrogen and oxygen atoms in total. The van der Waals surface area contributed by atoms with Crippen LogP contribution < -0.4 is 0 Å². The van der Waals surface area contributed by atoms with Crippen LogP contribution in [0.3, 0.4) is 0 Å². The summed E-state index contributed by atoms with van der Waals surface area (Å²) in [5.74, 6) is -0.281. The fourth-order valence-corrected chi connectivity index (χ4v) is 2.72. The maximum atomic E-state index is 13.9. The normalized spacial score (nSPS) is 14.0. The van der Waals surface area contributed by atoms with Crippen LogP contribution in [0.5, 0.6) is 0 Å². The largest absolute Gasteiger partial charge is 0.395 e. The summed E-state index contributed by atoms with van der Waals surface area (Å²) in [6.07, 6.45) is 1.15. The molecule has 0 aliphatic carbocycles. The standard InChI is InChI=1S/C17H18ClFO/c1-2-17(12-20,14-6-4-3-5-7-14)11-13-10-15(18)8-9-16(13)19/h3-10,20H,2,11-12H2,1H3. The molecular formula is C17H18ClFO. The number of hydrogen-bond donors (Lipinski definition) is 1. The molecule has 0 radical (unpaired) electrons. The first-order valence-electron chi connectivity index (χ1n) is 6.71. The van der Waals surface area contributed by atoms with Gasteiger partial charge in [0.2, 0.25) is 0 Å². The quantitative estimate of drug-likeness (QED) is 0.868. The number of benzene rings is 2. The van der Waals surface area contributed by atoms with E-state index >= 15 is 0 Å². The predicted molar refractivity (Wildman–Crippen MR) is 80.6 cm³/mol. The number of aliphatic hydroxyl groups excluding tert-OH is 1. The summed E-state index contributed by atoms with van der Waals surface area (Å²) in [5, 5.41) is 10.4. The van der Waals surface area contributed by atoms with Crippen LogP contribution in [-0.4, -0.2) is 11.7 Å². The Labute approximate surface area is 124 Å². The Hall–Kier alpha value is -1.38. The number of hydrogen-bond acceptors (Lipinski definition) is 1. The summed E-state index contributed by atoms with van der Waals surface area (Å²) < 4.78 is 13.9. The topological polar surface area (TPSA) is 20.2 Å². The zero-order valence-corrected chi connectivity index (χ0v) is 12.2. The fraction of sp³-hybridized carbons (Fsp3) is 0.294. The van der Waals surface area contributed by atoms with E-state index in [1.165, 1.54) is 12.1 Å². The zero-order chi connectivity index (χ0) is 14.6. The highest BCUT2D eigenvalue weighted by atomic mass is 35.5. The van der Waals surface area contributed by atoms with Crippen molar-refractivity contribution >= 4 is 11.6 Å². The molecule has 0 aliphatic heterocycles. The second kappa shape index (κ2) is 6.38. The second-order valence-corrected chi connectivity index (χ2v) is 5.51. The van der Waals surface area contributed by atoms with Crippen molar-refractivity contribution in [3.8, 4) is 0 Å². The van der Waals surface area contributed by atoms with Crippen molar-refractivity contribution in [1.82, 2.24) is 0 Å². The average Bonchev–Trinajstić information content (AvgIpc) is 2.49. The monoisotopic (exact) mass is 292 g/mol. The summed E-state index contributed by atoms with van der Waals surface area (Å²) in [7, 11) is 0. The lowest BCUT2D eigenvalue weighted by Crippen LogP contribution is -2.32. The van der Waals surface area contributed by atoms with Crippen LogP contribution in [0.25, 0.3) is 0 Å². The van der Waals surface area contributed by atoms with Crippen molar-refractivity contribution in [2.24, 2.45) is 0 Å². The molecular weight excluding hydrogens is 275 g/mol. The van der Waals surface area contributed by atoms with Crippen LogP contribution in [-0.2, 0) is 11.8 Å². The molecule has 1 unspecified atom stereocenters. The molecule has 106 valence electrons. The van der Waals surface area contributed by atoms with Crippen LogP contribution in [0.15, 0.2) is 48.5 Å². The van der Waals surface area contributed by atoms with Gasteiger partial charge in [0.1, 0.15) is 5.82 Å². The lowest BCUT2D eigenvalue weighted by Gasteiger charge is -2.31. The van der Waals surface area contributed by atoms with Gasteiger partial charge < -0.3 is 5.11 Å². The molecule has 0 spiro atoms. The van der Waals surface area contributed by atoms with E-state index in [-0.39, 0.29) is 12.4 Å². The zero-order valence-electron chi connectivity index (χ0n) is 11.4. The third-order valence-electron chi connectivity index (χ3n) is 3.90. The highest BCUT2D eigenvalue weighted by Crippen LogP contribution is 2.33. The molecule has 3 heteroatoms. The molecule has 0 aromatic heterocycles. The first kappa shape index (κ1) is 15.0. The van der Waals surface area contributed by atoms with Gasteiger partial charge in [-0.25, -0.2) is 4.39 Å². The van der Waals surface area contributed by atoms with Gasteiger partial charge >= 0.3 is 0 Å². The first-order chi connectivity index (χ1) is 9.61. The molecule has 0 bridgehead atoms. The van der Waals surface area contributed by atoms with E-state index in [4.69, 9.17) is 11.6 Å². The Morgan fingerprint density at radius 2 is 1.85 bits per heavy atom. The van der Waals surface area contributed by atoms with Crippen molar-refractivity contribution in [2.75, 3.05) is 6.61 Å². The van der Waals surface area contributed by atoms with E-state index in [0.29, 0.717) is 17.0 Å². The van der Waals surface area contributed by atoms with E-state index < -0.39 is 5.41 Å². The molecule has 0 amide bonds. The van der Waals surface area contributed by atoms with Crippen molar-refractivity contribution in [2.45, 2.75) is 25.2 Å². The summed E-state index contributed by atoms with van der Waals surface area (Å²) in [6.45, 7) is 1.98. The lowest BCUT2D eigenvalue weighted by molar-refractivity contribution is 0.185. The predicted octanol–water partition coefficient (Wildman–Crippen LogP) is 4.36. The third-order valence-corrected chi connectivity index (χ3v) is 4.14. The number of aliphatic hydroxyl groups is 1. The minimum Gasteiger partial charge on any atom is -0.395 e. The molecule has 0 saturated heterocycles. The van der Waals surface area contributed by atoms with E-state index in [1.54, 1.807) is 6.07 Å². The van der Waals surface area contributed by atoms with Gasteiger partial charge in [-0.2, -0.15) is 0 Å². The molecule has 0 heterocycles. The van der Waals surface area contributed by atoms with Gasteiger partial charge in [0.05, 0.1) is 6.61 Å². The van der Waals surface area contributed by atoms with Crippen molar-refractivity contribution in [3.63, 3.8) is 0 Å². The summed E-state index contributed by atoms with van der Waals surface area (Å²) >= 11 is 5.95. The number of rotatable bonds is 5. The van der Waals surface area contributed by atoms with E-state index in [2.05, 4.69) is 0 Å². The Bertz CT molecular complexity index is 564. The molecule has 2 aromatic rings. The Balaban J connectivity index is 2.42. The van der Waals surface area contributed by atoms with E-state index in [9.17, 15) is 9.50 Å². The van der Waals surface area contributed by atoms with Gasteiger partial charge in [-0.3, -0.25) is 0 Å². The molecule has 0 saturated carbocycles. The molecule has 2 aromatic carbocycles. The van der Waals surface area contributed by atoms with Crippen molar-refractivity contribution in [3.05, 3.63) is 70.5 Å². The van der Waals surface area contributed by atoms with Crippen LogP contribution >= 0.6 is 11.6 Å². The SMILES string of the molecule is CCC(CO)(Cc1cc(Cl)ccc1F)c1ccccc1. The van der Waals surface area contributed by atoms with Gasteiger partial charge in [0.15, 0.2) is 0 Å². The van der Waals surface area contributed by atoms with Crippen molar-refractivity contribution < 1.29 is 9.50 Å². The van der Waals surface area contributed by atoms with Gasteiger partial charge in [-0.15, -0.1) is 0 Å². The van der Waals surface area contributed by atoms with Crippen molar-refractivity contribution in [1.29, 1.82) is 0 Å². The van der Waals surface area contributed by atoms with Crippen LogP contribution in [0, 0.1) is 5.82 Å². The maximum Gasteiger partial charge on any atom is 0.126 e. The molecule has 1 atom stereocenters. The Kier molecular flexibility index (Phi) is 4.79. The first-order valence-corrected chi connectivity index (χ1v) is 7.09. The van der Waals surface area contributed by atoms with Gasteiger partial charge in [0, 0.05) is 10.4 Å².